The second-order valence-corrected chi connectivity index (χ2v) is 4.93. The maximum atomic E-state index is 11.3. The van der Waals surface area contributed by atoms with Crippen LogP contribution in [0.5, 0.6) is 5.88 Å². The van der Waals surface area contributed by atoms with Crippen LogP contribution < -0.4 is 4.74 Å². The number of sulfone groups is 1. The molecule has 0 aromatic carbocycles. The number of aromatic nitrogens is 1. The number of pyridine rings is 1. The maximum absolute atomic E-state index is 11.3. The van der Waals surface area contributed by atoms with Crippen molar-refractivity contribution in [2.75, 3.05) is 20.5 Å². The fraction of sp³-hybridized carbons (Fsp3) is 0.333. The van der Waals surface area contributed by atoms with Gasteiger partial charge >= 0.3 is 5.97 Å². The average molecular weight is 245 g/mol. The van der Waals surface area contributed by atoms with E-state index < -0.39 is 15.8 Å². The van der Waals surface area contributed by atoms with Crippen LogP contribution in [-0.4, -0.2) is 39.8 Å². The lowest BCUT2D eigenvalue weighted by Crippen LogP contribution is -2.08. The predicted octanol–water partition coefficient (Wildman–Crippen LogP) is 0.280. The van der Waals surface area contributed by atoms with Gasteiger partial charge in [0.15, 0.2) is 14.9 Å². The first-order chi connectivity index (χ1) is 7.40. The zero-order valence-electron chi connectivity index (χ0n) is 9.05. The van der Waals surface area contributed by atoms with Gasteiger partial charge in [0.1, 0.15) is 5.56 Å². The Bertz CT molecular complexity index is 509. The topological polar surface area (TPSA) is 82.6 Å². The summed E-state index contributed by atoms with van der Waals surface area (Å²) in [5, 5.41) is -0.156. The molecule has 0 bridgehead atoms. The van der Waals surface area contributed by atoms with Crippen LogP contribution in [0, 0.1) is 0 Å². The number of carbonyl (C=O) groups excluding carboxylic acids is 1. The molecule has 0 atom stereocenters. The number of nitrogens with zero attached hydrogens (tertiary/aromatic N) is 1. The van der Waals surface area contributed by atoms with Crippen LogP contribution >= 0.6 is 0 Å². The Morgan fingerprint density at radius 3 is 2.38 bits per heavy atom. The molecule has 0 fully saturated rings. The van der Waals surface area contributed by atoms with Crippen molar-refractivity contribution in [3.8, 4) is 5.88 Å². The Morgan fingerprint density at radius 1 is 1.31 bits per heavy atom. The molecular weight excluding hydrogens is 234 g/mol. The minimum Gasteiger partial charge on any atom is -0.480 e. The summed E-state index contributed by atoms with van der Waals surface area (Å²) in [6.45, 7) is 0. The van der Waals surface area contributed by atoms with E-state index in [0.717, 1.165) is 6.26 Å². The largest absolute Gasteiger partial charge is 0.480 e. The minimum atomic E-state index is -3.43. The molecule has 0 N–H and O–H groups in total. The van der Waals surface area contributed by atoms with E-state index in [2.05, 4.69) is 9.72 Å². The third-order valence-corrected chi connectivity index (χ3v) is 2.80. The molecule has 0 aliphatic heterocycles. The zero-order valence-corrected chi connectivity index (χ0v) is 9.87. The summed E-state index contributed by atoms with van der Waals surface area (Å²) in [7, 11) is -0.921. The lowest BCUT2D eigenvalue weighted by atomic mass is 10.3. The van der Waals surface area contributed by atoms with E-state index in [4.69, 9.17) is 4.74 Å². The van der Waals surface area contributed by atoms with Gasteiger partial charge in [0.2, 0.25) is 5.88 Å². The van der Waals surface area contributed by atoms with Crippen LogP contribution in [0.3, 0.4) is 0 Å². The van der Waals surface area contributed by atoms with Gasteiger partial charge in [0.05, 0.1) is 14.2 Å². The second kappa shape index (κ2) is 4.48. The minimum absolute atomic E-state index is 0.0743. The molecule has 1 heterocycles. The average Bonchev–Trinajstić information content (AvgIpc) is 2.26. The normalized spacial score (nSPS) is 10.9. The van der Waals surface area contributed by atoms with Crippen LogP contribution in [0.25, 0.3) is 0 Å². The smallest absolute Gasteiger partial charge is 0.343 e. The molecule has 16 heavy (non-hydrogen) atoms. The molecule has 0 unspecified atom stereocenters. The number of ether oxygens (including phenoxy) is 2. The van der Waals surface area contributed by atoms with Gasteiger partial charge in [-0.3, -0.25) is 0 Å². The van der Waals surface area contributed by atoms with Gasteiger partial charge in [0, 0.05) is 6.26 Å². The van der Waals surface area contributed by atoms with E-state index >= 15 is 0 Å². The molecule has 0 radical (unpaired) electrons. The molecule has 0 saturated heterocycles. The van der Waals surface area contributed by atoms with Crippen LogP contribution in [0.2, 0.25) is 0 Å². The number of hydrogen-bond acceptors (Lipinski definition) is 6. The van der Waals surface area contributed by atoms with Gasteiger partial charge in [-0.1, -0.05) is 0 Å². The highest BCUT2D eigenvalue weighted by Gasteiger charge is 2.18. The van der Waals surface area contributed by atoms with E-state index in [0.29, 0.717) is 0 Å². The highest BCUT2D eigenvalue weighted by atomic mass is 32.2. The molecule has 0 aliphatic carbocycles. The van der Waals surface area contributed by atoms with Crippen LogP contribution in [0.4, 0.5) is 0 Å². The van der Waals surface area contributed by atoms with Crippen molar-refractivity contribution in [3.63, 3.8) is 0 Å². The summed E-state index contributed by atoms with van der Waals surface area (Å²) in [5.74, 6) is -0.709. The van der Waals surface area contributed by atoms with Crippen molar-refractivity contribution < 1.29 is 22.7 Å². The van der Waals surface area contributed by atoms with Crippen molar-refractivity contribution in [3.05, 3.63) is 17.7 Å². The Labute approximate surface area is 93.1 Å². The summed E-state index contributed by atoms with van der Waals surface area (Å²) in [5.41, 5.74) is 0.0809. The van der Waals surface area contributed by atoms with E-state index in [9.17, 15) is 13.2 Å². The van der Waals surface area contributed by atoms with Crippen molar-refractivity contribution in [1.82, 2.24) is 4.98 Å². The monoisotopic (exact) mass is 245 g/mol. The van der Waals surface area contributed by atoms with E-state index in [-0.39, 0.29) is 16.5 Å². The van der Waals surface area contributed by atoms with Gasteiger partial charge in [-0.05, 0) is 12.1 Å². The molecule has 0 amide bonds. The highest BCUT2D eigenvalue weighted by molar-refractivity contribution is 7.90. The molecule has 0 spiro atoms. The zero-order chi connectivity index (χ0) is 12.3. The molecule has 1 rings (SSSR count). The van der Waals surface area contributed by atoms with Gasteiger partial charge in [0.25, 0.3) is 0 Å². The van der Waals surface area contributed by atoms with Crippen LogP contribution in [0.15, 0.2) is 17.2 Å². The van der Waals surface area contributed by atoms with Gasteiger partial charge in [-0.2, -0.15) is 0 Å². The molecule has 1 aromatic heterocycles. The van der Waals surface area contributed by atoms with Crippen LogP contribution in [-0.2, 0) is 14.6 Å². The standard InChI is InChI=1S/C9H11NO5S/c1-14-8-6(9(11)15-2)4-5-7(10-8)16(3,12)13/h4-5H,1-3H3. The number of esters is 1. The highest BCUT2D eigenvalue weighted by Crippen LogP contribution is 2.19. The van der Waals surface area contributed by atoms with E-state index in [1.807, 2.05) is 0 Å². The fourth-order valence-electron chi connectivity index (χ4n) is 1.05. The first kappa shape index (κ1) is 12.4. The van der Waals surface area contributed by atoms with Gasteiger partial charge < -0.3 is 9.47 Å². The molecule has 0 aliphatic rings. The van der Waals surface area contributed by atoms with Crippen LogP contribution in [0.1, 0.15) is 10.4 Å². The molecule has 0 saturated carbocycles. The summed E-state index contributed by atoms with van der Waals surface area (Å²) in [4.78, 5) is 15.0. The second-order valence-electron chi connectivity index (χ2n) is 2.97. The predicted molar refractivity (Wildman–Crippen MR) is 55.2 cm³/mol. The summed E-state index contributed by atoms with van der Waals surface area (Å²) < 4.78 is 31.8. The van der Waals surface area contributed by atoms with E-state index in [1.165, 1.54) is 26.4 Å². The first-order valence-electron chi connectivity index (χ1n) is 4.23. The summed E-state index contributed by atoms with van der Waals surface area (Å²) >= 11 is 0. The first-order valence-corrected chi connectivity index (χ1v) is 6.12. The molecular formula is C9H11NO5S. The van der Waals surface area contributed by atoms with Gasteiger partial charge in [-0.25, -0.2) is 18.2 Å². The maximum Gasteiger partial charge on any atom is 0.343 e. The number of hydrogen-bond donors (Lipinski definition) is 0. The Kier molecular flexibility index (Phi) is 3.48. The molecule has 1 aromatic rings. The Balaban J connectivity index is 3.33. The summed E-state index contributed by atoms with van der Waals surface area (Å²) in [6, 6.07) is 2.53. The van der Waals surface area contributed by atoms with Crippen molar-refractivity contribution >= 4 is 15.8 Å². The van der Waals surface area contributed by atoms with Crippen molar-refractivity contribution in [2.45, 2.75) is 5.03 Å². The summed E-state index contributed by atoms with van der Waals surface area (Å²) in [6.07, 6.45) is 1.02. The fourth-order valence-corrected chi connectivity index (χ4v) is 1.61. The van der Waals surface area contributed by atoms with E-state index in [1.54, 1.807) is 0 Å². The molecule has 6 nitrogen and oxygen atoms in total. The number of methoxy groups -OCH3 is 2. The molecule has 7 heteroatoms. The number of rotatable bonds is 3. The lowest BCUT2D eigenvalue weighted by molar-refractivity contribution is 0.0596. The van der Waals surface area contributed by atoms with Gasteiger partial charge in [-0.15, -0.1) is 0 Å². The van der Waals surface area contributed by atoms with Crippen molar-refractivity contribution in [1.29, 1.82) is 0 Å². The third kappa shape index (κ3) is 2.48. The SMILES string of the molecule is COC(=O)c1ccc(S(C)(=O)=O)nc1OC. The quantitative estimate of drug-likeness (QED) is 0.711. The lowest BCUT2D eigenvalue weighted by Gasteiger charge is -2.06. The Hall–Kier alpha value is -1.63. The number of carbonyl (C=O) groups is 1. The molecule has 88 valence electrons. The third-order valence-electron chi connectivity index (χ3n) is 1.81. The van der Waals surface area contributed by atoms with Crippen molar-refractivity contribution in [2.24, 2.45) is 0 Å². The Morgan fingerprint density at radius 2 is 1.94 bits per heavy atom.